The van der Waals surface area contributed by atoms with Gasteiger partial charge in [0.05, 0.1) is 26.5 Å². The van der Waals surface area contributed by atoms with Gasteiger partial charge in [-0.3, -0.25) is 4.99 Å². The molecular weight excluding hydrogens is 382 g/mol. The molecule has 5 nitrogen and oxygen atoms in total. The molecule has 0 atom stereocenters. The van der Waals surface area contributed by atoms with Crippen LogP contribution in [0.25, 0.3) is 11.3 Å². The van der Waals surface area contributed by atoms with Crippen molar-refractivity contribution >= 4 is 17.0 Å². The molecule has 156 valence electrons. The Kier molecular flexibility index (Phi) is 7.69. The second-order valence-corrected chi connectivity index (χ2v) is 8.33. The van der Waals surface area contributed by atoms with Gasteiger partial charge >= 0.3 is 0 Å². The second kappa shape index (κ2) is 10.4. The Morgan fingerprint density at radius 3 is 2.48 bits per heavy atom. The van der Waals surface area contributed by atoms with E-state index in [9.17, 15) is 0 Å². The van der Waals surface area contributed by atoms with E-state index in [2.05, 4.69) is 12.0 Å². The normalized spacial score (nSPS) is 15.6. The van der Waals surface area contributed by atoms with E-state index >= 15 is 0 Å². The van der Waals surface area contributed by atoms with E-state index < -0.39 is 0 Å². The predicted octanol–water partition coefficient (Wildman–Crippen LogP) is 5.66. The fourth-order valence-electron chi connectivity index (χ4n) is 3.46. The molecule has 2 aromatic rings. The lowest BCUT2D eigenvalue weighted by Crippen LogP contribution is -2.16. The third kappa shape index (κ3) is 5.60. The number of hydrogen-bond acceptors (Lipinski definition) is 5. The van der Waals surface area contributed by atoms with Gasteiger partial charge in [0, 0.05) is 16.7 Å². The highest BCUT2D eigenvalue weighted by Gasteiger charge is 2.15. The molecule has 0 amide bonds. The lowest BCUT2D eigenvalue weighted by molar-refractivity contribution is 0.404. The summed E-state index contributed by atoms with van der Waals surface area (Å²) in [4.78, 5) is 5.64. The van der Waals surface area contributed by atoms with Gasteiger partial charge in [0.15, 0.2) is 0 Å². The van der Waals surface area contributed by atoms with Crippen molar-refractivity contribution in [3.05, 3.63) is 40.5 Å². The van der Waals surface area contributed by atoms with Gasteiger partial charge in [-0.2, -0.15) is 5.10 Å². The number of thiazole rings is 1. The second-order valence-electron chi connectivity index (χ2n) is 7.49. The summed E-state index contributed by atoms with van der Waals surface area (Å²) in [5.41, 5.74) is 4.21. The SMILES string of the molecule is C=C(C)CN=c1scc(-c2cc(OC)ccc2OC)n1N=C1CCCCCCC1. The summed E-state index contributed by atoms with van der Waals surface area (Å²) >= 11 is 1.60. The number of methoxy groups -OCH3 is 2. The van der Waals surface area contributed by atoms with E-state index in [0.717, 1.165) is 46.0 Å². The molecule has 0 saturated heterocycles. The lowest BCUT2D eigenvalue weighted by atomic mass is 9.99. The highest BCUT2D eigenvalue weighted by Crippen LogP contribution is 2.34. The van der Waals surface area contributed by atoms with Gasteiger partial charge in [0.1, 0.15) is 11.5 Å². The molecule has 1 aromatic heterocycles. The van der Waals surface area contributed by atoms with E-state index in [1.165, 1.54) is 37.8 Å². The Labute approximate surface area is 177 Å². The summed E-state index contributed by atoms with van der Waals surface area (Å²) in [5.74, 6) is 1.58. The zero-order valence-electron chi connectivity index (χ0n) is 17.7. The Hall–Kier alpha value is -2.34. The molecule has 1 heterocycles. The predicted molar refractivity (Wildman–Crippen MR) is 121 cm³/mol. The van der Waals surface area contributed by atoms with E-state index in [0.29, 0.717) is 6.54 Å². The van der Waals surface area contributed by atoms with Crippen LogP contribution >= 0.6 is 11.3 Å². The number of nitrogens with zero attached hydrogens (tertiary/aromatic N) is 3. The van der Waals surface area contributed by atoms with Crippen LogP contribution in [-0.4, -0.2) is 31.2 Å². The minimum atomic E-state index is 0.597. The zero-order chi connectivity index (χ0) is 20.6. The average Bonchev–Trinajstić information content (AvgIpc) is 3.10. The van der Waals surface area contributed by atoms with Crippen LogP contribution < -0.4 is 14.3 Å². The summed E-state index contributed by atoms with van der Waals surface area (Å²) in [6.07, 6.45) is 8.44. The smallest absolute Gasteiger partial charge is 0.206 e. The van der Waals surface area contributed by atoms with Gasteiger partial charge in [-0.15, -0.1) is 11.3 Å². The van der Waals surface area contributed by atoms with Crippen LogP contribution in [0.15, 0.2) is 45.8 Å². The number of ether oxygens (including phenoxy) is 2. The fraction of sp³-hybridized carbons (Fsp3) is 0.478. The average molecular weight is 414 g/mol. The van der Waals surface area contributed by atoms with E-state index in [-0.39, 0.29) is 0 Å². The minimum absolute atomic E-state index is 0.597. The van der Waals surface area contributed by atoms with Crippen molar-refractivity contribution in [2.45, 2.75) is 51.9 Å². The van der Waals surface area contributed by atoms with Gasteiger partial charge in [-0.25, -0.2) is 4.68 Å². The molecule has 29 heavy (non-hydrogen) atoms. The quantitative estimate of drug-likeness (QED) is 0.574. The third-order valence-electron chi connectivity index (χ3n) is 5.02. The first-order chi connectivity index (χ1) is 14.1. The summed E-state index contributed by atoms with van der Waals surface area (Å²) in [6, 6.07) is 5.84. The molecule has 0 N–H and O–H groups in total. The highest BCUT2D eigenvalue weighted by atomic mass is 32.1. The van der Waals surface area contributed by atoms with Crippen molar-refractivity contribution in [1.29, 1.82) is 0 Å². The van der Waals surface area contributed by atoms with Crippen molar-refractivity contribution in [1.82, 2.24) is 4.68 Å². The Balaban J connectivity index is 2.13. The molecule has 0 bridgehead atoms. The molecular formula is C23H31N3O2S. The standard InChI is InChI=1S/C23H31N3O2S/c1-17(2)15-24-23-26(25-18-10-8-6-5-7-9-11-18)21(16-29-23)20-14-19(27-3)12-13-22(20)28-4/h12-14,16H,1,5-11,15H2,2-4H3. The van der Waals surface area contributed by atoms with E-state index in [1.54, 1.807) is 25.6 Å². The van der Waals surface area contributed by atoms with Gasteiger partial charge in [0.2, 0.25) is 4.80 Å². The van der Waals surface area contributed by atoms with E-state index in [4.69, 9.17) is 19.6 Å². The monoisotopic (exact) mass is 413 g/mol. The van der Waals surface area contributed by atoms with Gasteiger partial charge in [0.25, 0.3) is 0 Å². The minimum Gasteiger partial charge on any atom is -0.497 e. The number of benzene rings is 1. The Bertz CT molecular complexity index is 930. The highest BCUT2D eigenvalue weighted by molar-refractivity contribution is 7.07. The van der Waals surface area contributed by atoms with Gasteiger partial charge in [-0.05, 0) is 50.8 Å². The molecule has 6 heteroatoms. The molecule has 1 aliphatic carbocycles. The number of rotatable bonds is 6. The Morgan fingerprint density at radius 2 is 1.83 bits per heavy atom. The maximum absolute atomic E-state index is 5.63. The van der Waals surface area contributed by atoms with Crippen LogP contribution in [0.1, 0.15) is 51.9 Å². The van der Waals surface area contributed by atoms with Crippen molar-refractivity contribution in [3.63, 3.8) is 0 Å². The molecule has 1 fully saturated rings. The summed E-state index contributed by atoms with van der Waals surface area (Å²) in [5, 5.41) is 7.19. The van der Waals surface area contributed by atoms with Crippen LogP contribution in [0, 0.1) is 0 Å². The topological polar surface area (TPSA) is 48.1 Å². The summed E-state index contributed by atoms with van der Waals surface area (Å²) in [6.45, 7) is 6.57. The van der Waals surface area contributed by atoms with Crippen molar-refractivity contribution in [2.75, 3.05) is 20.8 Å². The summed E-state index contributed by atoms with van der Waals surface area (Å²) < 4.78 is 13.1. The van der Waals surface area contributed by atoms with Crippen LogP contribution in [0.4, 0.5) is 0 Å². The largest absolute Gasteiger partial charge is 0.497 e. The van der Waals surface area contributed by atoms with Crippen molar-refractivity contribution in [3.8, 4) is 22.8 Å². The molecule has 0 spiro atoms. The molecule has 3 rings (SSSR count). The summed E-state index contributed by atoms with van der Waals surface area (Å²) in [7, 11) is 3.37. The first-order valence-corrected chi connectivity index (χ1v) is 11.1. The number of hydrogen-bond donors (Lipinski definition) is 0. The van der Waals surface area contributed by atoms with Gasteiger partial charge < -0.3 is 9.47 Å². The number of aromatic nitrogens is 1. The van der Waals surface area contributed by atoms with Crippen LogP contribution in [0.5, 0.6) is 11.5 Å². The first kappa shape index (κ1) is 21.4. The van der Waals surface area contributed by atoms with Crippen LogP contribution in [-0.2, 0) is 0 Å². The fourth-order valence-corrected chi connectivity index (χ4v) is 4.28. The molecule has 0 unspecified atom stereocenters. The molecule has 0 radical (unpaired) electrons. The van der Waals surface area contributed by atoms with E-state index in [1.807, 2.05) is 29.8 Å². The van der Waals surface area contributed by atoms with Crippen molar-refractivity contribution in [2.24, 2.45) is 10.1 Å². The molecule has 1 aliphatic rings. The van der Waals surface area contributed by atoms with Gasteiger partial charge in [-0.1, -0.05) is 31.4 Å². The van der Waals surface area contributed by atoms with Crippen LogP contribution in [0.2, 0.25) is 0 Å². The molecule has 1 aromatic carbocycles. The Morgan fingerprint density at radius 1 is 1.10 bits per heavy atom. The van der Waals surface area contributed by atoms with Crippen molar-refractivity contribution < 1.29 is 9.47 Å². The first-order valence-electron chi connectivity index (χ1n) is 10.3. The zero-order valence-corrected chi connectivity index (χ0v) is 18.6. The maximum Gasteiger partial charge on any atom is 0.206 e. The lowest BCUT2D eigenvalue weighted by Gasteiger charge is -2.14. The molecule has 0 aliphatic heterocycles. The maximum atomic E-state index is 5.63. The van der Waals surface area contributed by atoms with Crippen LogP contribution in [0.3, 0.4) is 0 Å². The third-order valence-corrected chi connectivity index (χ3v) is 5.88. The molecule has 1 saturated carbocycles.